The number of aryl methyl sites for hydroxylation is 1. The summed E-state index contributed by atoms with van der Waals surface area (Å²) in [6.45, 7) is 3.38. The molecule has 0 bridgehead atoms. The first-order chi connectivity index (χ1) is 10.0. The molecule has 1 saturated heterocycles. The lowest BCUT2D eigenvalue weighted by Crippen LogP contribution is -2.57. The van der Waals surface area contributed by atoms with Gasteiger partial charge in [-0.2, -0.15) is 13.2 Å². The molecule has 1 aromatic rings. The minimum absolute atomic E-state index is 0.191. The van der Waals surface area contributed by atoms with Gasteiger partial charge in [0.25, 0.3) is 5.91 Å². The van der Waals surface area contributed by atoms with E-state index in [1.54, 1.807) is 6.92 Å². The summed E-state index contributed by atoms with van der Waals surface area (Å²) in [5.74, 6) is -2.96. The molecule has 0 saturated carbocycles. The summed E-state index contributed by atoms with van der Waals surface area (Å²) in [6, 6.07) is 0.191. The fraction of sp³-hybridized carbons (Fsp3) is 0.455. The van der Waals surface area contributed by atoms with E-state index in [0.717, 1.165) is 13.1 Å². The standard InChI is InChI=1S/C9H11Cl2N3O.C2HF3O2/c1-4-6(10)7(11)8(13-4)9(15)14-5-2-12-3-5;3-2(4,5)1(6)7/h5,12-13H,2-3H2,1H3,(H,14,15);(H,6,7). The van der Waals surface area contributed by atoms with Gasteiger partial charge in [0, 0.05) is 18.8 Å². The van der Waals surface area contributed by atoms with Crippen LogP contribution < -0.4 is 10.6 Å². The maximum atomic E-state index is 11.7. The molecule has 6 nitrogen and oxygen atoms in total. The lowest BCUT2D eigenvalue weighted by Gasteiger charge is -2.27. The first-order valence-corrected chi connectivity index (χ1v) is 6.64. The van der Waals surface area contributed by atoms with Crippen molar-refractivity contribution in [2.24, 2.45) is 0 Å². The molecule has 0 aliphatic carbocycles. The molecular formula is C11H12Cl2F3N3O3. The maximum Gasteiger partial charge on any atom is 0.490 e. The third-order valence-electron chi connectivity index (χ3n) is 2.64. The Kier molecular flexibility index (Phi) is 6.09. The summed E-state index contributed by atoms with van der Waals surface area (Å²) in [4.78, 5) is 23.5. The molecular weight excluding hydrogens is 350 g/mol. The Morgan fingerprint density at radius 2 is 1.77 bits per heavy atom. The number of carbonyl (C=O) groups is 2. The van der Waals surface area contributed by atoms with Crippen molar-refractivity contribution < 1.29 is 27.9 Å². The van der Waals surface area contributed by atoms with Crippen LogP contribution in [0.15, 0.2) is 0 Å². The minimum Gasteiger partial charge on any atom is -0.475 e. The van der Waals surface area contributed by atoms with E-state index in [9.17, 15) is 18.0 Å². The molecule has 0 spiro atoms. The quantitative estimate of drug-likeness (QED) is 0.647. The minimum atomic E-state index is -5.08. The second kappa shape index (κ2) is 7.21. The van der Waals surface area contributed by atoms with Gasteiger partial charge < -0.3 is 20.7 Å². The normalized spacial score (nSPS) is 14.6. The second-order valence-electron chi connectivity index (χ2n) is 4.38. The summed E-state index contributed by atoms with van der Waals surface area (Å²) >= 11 is 11.8. The third kappa shape index (κ3) is 4.79. The maximum absolute atomic E-state index is 11.7. The largest absolute Gasteiger partial charge is 0.490 e. The van der Waals surface area contributed by atoms with Crippen LogP contribution in [0.3, 0.4) is 0 Å². The Morgan fingerprint density at radius 3 is 2.05 bits per heavy atom. The van der Waals surface area contributed by atoms with Crippen LogP contribution in [-0.4, -0.2) is 47.3 Å². The van der Waals surface area contributed by atoms with Crippen molar-refractivity contribution in [1.29, 1.82) is 0 Å². The van der Waals surface area contributed by atoms with Crippen LogP contribution in [-0.2, 0) is 4.79 Å². The van der Waals surface area contributed by atoms with Crippen LogP contribution in [0.25, 0.3) is 0 Å². The number of aliphatic carboxylic acids is 1. The summed E-state index contributed by atoms with van der Waals surface area (Å²) in [6.07, 6.45) is -5.08. The van der Waals surface area contributed by atoms with E-state index in [0.29, 0.717) is 21.4 Å². The van der Waals surface area contributed by atoms with Crippen LogP contribution in [0.1, 0.15) is 16.2 Å². The lowest BCUT2D eigenvalue weighted by atomic mass is 10.2. The summed E-state index contributed by atoms with van der Waals surface area (Å²) in [7, 11) is 0. The zero-order valence-corrected chi connectivity index (χ0v) is 12.7. The number of hydrogen-bond donors (Lipinski definition) is 4. The molecule has 1 aromatic heterocycles. The summed E-state index contributed by atoms with van der Waals surface area (Å²) < 4.78 is 31.7. The third-order valence-corrected chi connectivity index (χ3v) is 3.59. The highest BCUT2D eigenvalue weighted by Crippen LogP contribution is 2.28. The molecule has 0 unspecified atom stereocenters. The van der Waals surface area contributed by atoms with E-state index in [4.69, 9.17) is 33.1 Å². The van der Waals surface area contributed by atoms with Gasteiger partial charge in [-0.05, 0) is 6.92 Å². The second-order valence-corrected chi connectivity index (χ2v) is 5.14. The highest BCUT2D eigenvalue weighted by molar-refractivity contribution is 6.44. The van der Waals surface area contributed by atoms with Gasteiger partial charge in [-0.3, -0.25) is 4.79 Å². The number of amides is 1. The van der Waals surface area contributed by atoms with Gasteiger partial charge >= 0.3 is 12.1 Å². The molecule has 124 valence electrons. The number of carboxylic acids is 1. The van der Waals surface area contributed by atoms with Crippen molar-refractivity contribution in [3.8, 4) is 0 Å². The molecule has 2 heterocycles. The number of rotatable bonds is 2. The van der Waals surface area contributed by atoms with Crippen LogP contribution in [0.4, 0.5) is 13.2 Å². The molecule has 1 aliphatic heterocycles. The van der Waals surface area contributed by atoms with E-state index < -0.39 is 12.1 Å². The molecule has 0 radical (unpaired) electrons. The van der Waals surface area contributed by atoms with E-state index >= 15 is 0 Å². The van der Waals surface area contributed by atoms with Gasteiger partial charge in [0.2, 0.25) is 0 Å². The van der Waals surface area contributed by atoms with Crippen LogP contribution in [0.5, 0.6) is 0 Å². The van der Waals surface area contributed by atoms with Gasteiger partial charge in [-0.1, -0.05) is 23.2 Å². The van der Waals surface area contributed by atoms with Crippen LogP contribution >= 0.6 is 23.2 Å². The number of H-pyrrole nitrogens is 1. The number of halogens is 5. The van der Waals surface area contributed by atoms with Crippen molar-refractivity contribution in [3.63, 3.8) is 0 Å². The van der Waals surface area contributed by atoms with Gasteiger partial charge in [0.1, 0.15) is 5.69 Å². The fourth-order valence-electron chi connectivity index (χ4n) is 1.38. The van der Waals surface area contributed by atoms with Crippen molar-refractivity contribution in [2.75, 3.05) is 13.1 Å². The molecule has 22 heavy (non-hydrogen) atoms. The van der Waals surface area contributed by atoms with Crippen LogP contribution in [0, 0.1) is 6.92 Å². The van der Waals surface area contributed by atoms with E-state index in [2.05, 4.69) is 15.6 Å². The number of aromatic amines is 1. The number of aromatic nitrogens is 1. The van der Waals surface area contributed by atoms with Crippen molar-refractivity contribution in [1.82, 2.24) is 15.6 Å². The predicted molar refractivity (Wildman–Crippen MR) is 73.4 cm³/mol. The molecule has 2 rings (SSSR count). The van der Waals surface area contributed by atoms with Gasteiger partial charge in [-0.25, -0.2) is 4.79 Å². The van der Waals surface area contributed by atoms with Crippen molar-refractivity contribution in [2.45, 2.75) is 19.1 Å². The van der Waals surface area contributed by atoms with Gasteiger partial charge in [0.05, 0.1) is 16.1 Å². The average molecular weight is 362 g/mol. The zero-order valence-electron chi connectivity index (χ0n) is 11.1. The van der Waals surface area contributed by atoms with Crippen molar-refractivity contribution >= 4 is 35.1 Å². The van der Waals surface area contributed by atoms with E-state index in [1.165, 1.54) is 0 Å². The lowest BCUT2D eigenvalue weighted by molar-refractivity contribution is -0.192. The number of hydrogen-bond acceptors (Lipinski definition) is 3. The van der Waals surface area contributed by atoms with E-state index in [1.807, 2.05) is 0 Å². The smallest absolute Gasteiger partial charge is 0.475 e. The Hall–Kier alpha value is -1.45. The first kappa shape index (κ1) is 18.6. The molecule has 1 aliphatic rings. The SMILES string of the molecule is Cc1[nH]c(C(=O)NC2CNC2)c(Cl)c1Cl.O=C(O)C(F)(F)F. The Morgan fingerprint density at radius 1 is 1.27 bits per heavy atom. The molecule has 4 N–H and O–H groups in total. The Labute approximate surface area is 133 Å². The number of carbonyl (C=O) groups excluding carboxylic acids is 1. The Bertz CT molecular complexity index is 571. The Balaban J connectivity index is 0.000000295. The van der Waals surface area contributed by atoms with Crippen molar-refractivity contribution in [3.05, 3.63) is 21.4 Å². The topological polar surface area (TPSA) is 94.2 Å². The molecule has 11 heteroatoms. The zero-order chi connectivity index (χ0) is 17.1. The summed E-state index contributed by atoms with van der Waals surface area (Å²) in [5.41, 5.74) is 1.05. The monoisotopic (exact) mass is 361 g/mol. The number of alkyl halides is 3. The first-order valence-electron chi connectivity index (χ1n) is 5.89. The highest BCUT2D eigenvalue weighted by atomic mass is 35.5. The van der Waals surface area contributed by atoms with E-state index in [-0.39, 0.29) is 11.9 Å². The molecule has 1 fully saturated rings. The fourth-order valence-corrected chi connectivity index (χ4v) is 1.79. The molecule has 1 amide bonds. The number of nitrogens with one attached hydrogen (secondary N) is 3. The highest BCUT2D eigenvalue weighted by Gasteiger charge is 2.38. The molecule has 0 aromatic carbocycles. The van der Waals surface area contributed by atoms with Gasteiger partial charge in [-0.15, -0.1) is 0 Å². The number of carboxylic acid groups (broad SMARTS) is 1. The van der Waals surface area contributed by atoms with Gasteiger partial charge in [0.15, 0.2) is 0 Å². The van der Waals surface area contributed by atoms with Crippen LogP contribution in [0.2, 0.25) is 10.0 Å². The predicted octanol–water partition coefficient (Wildman–Crippen LogP) is 1.96. The molecule has 0 atom stereocenters. The summed E-state index contributed by atoms with van der Waals surface area (Å²) in [5, 5.41) is 13.7. The average Bonchev–Trinajstić information content (AvgIpc) is 2.61.